The molecule has 1 atom stereocenters. The molecule has 36 heavy (non-hydrogen) atoms. The van der Waals surface area contributed by atoms with Gasteiger partial charge in [0.15, 0.2) is 23.0 Å². The van der Waals surface area contributed by atoms with Gasteiger partial charge in [0.1, 0.15) is 0 Å². The lowest BCUT2D eigenvalue weighted by molar-refractivity contribution is 0.306. The molecule has 0 amide bonds. The van der Waals surface area contributed by atoms with Crippen LogP contribution in [0, 0.1) is 0 Å². The monoisotopic (exact) mass is 496 g/mol. The molecule has 0 fully saturated rings. The molecule has 0 radical (unpaired) electrons. The molecule has 0 bridgehead atoms. The summed E-state index contributed by atoms with van der Waals surface area (Å²) in [6.45, 7) is 15.8. The minimum absolute atomic E-state index is 0.0461. The highest BCUT2D eigenvalue weighted by atomic mass is 16.3. The van der Waals surface area contributed by atoms with Gasteiger partial charge in [-0.15, -0.1) is 0 Å². The van der Waals surface area contributed by atoms with Crippen molar-refractivity contribution in [1.29, 1.82) is 0 Å². The van der Waals surface area contributed by atoms with Gasteiger partial charge in [0.05, 0.1) is 0 Å². The number of phenols is 4. The van der Waals surface area contributed by atoms with Gasteiger partial charge in [-0.05, 0) is 91.7 Å². The van der Waals surface area contributed by atoms with Gasteiger partial charge < -0.3 is 30.2 Å². The molecular weight excluding hydrogens is 452 g/mol. The number of nitrogens with zero attached hydrogens (tertiary/aromatic N) is 2. The fourth-order valence-electron chi connectivity index (χ4n) is 7.25. The van der Waals surface area contributed by atoms with E-state index in [1.807, 2.05) is 14.1 Å². The Kier molecular flexibility index (Phi) is 6.54. The average molecular weight is 497 g/mol. The molecule has 2 aliphatic carbocycles. The number of aromatic hydroxyl groups is 4. The summed E-state index contributed by atoms with van der Waals surface area (Å²) in [5.41, 5.74) is 4.87. The largest absolute Gasteiger partial charge is 0.504 e. The maximum absolute atomic E-state index is 11.2. The van der Waals surface area contributed by atoms with Crippen LogP contribution in [-0.2, 0) is 29.3 Å². The van der Waals surface area contributed by atoms with Gasteiger partial charge >= 0.3 is 0 Å². The third kappa shape index (κ3) is 3.93. The Morgan fingerprint density at radius 1 is 0.722 bits per heavy atom. The van der Waals surface area contributed by atoms with Crippen molar-refractivity contribution in [1.82, 2.24) is 9.80 Å². The Morgan fingerprint density at radius 2 is 1.14 bits per heavy atom. The zero-order valence-electron chi connectivity index (χ0n) is 23.3. The van der Waals surface area contributed by atoms with Crippen LogP contribution in [0.4, 0.5) is 0 Å². The van der Waals surface area contributed by atoms with Gasteiger partial charge in [0, 0.05) is 29.6 Å². The number of rotatable bonds is 7. The van der Waals surface area contributed by atoms with E-state index in [0.29, 0.717) is 13.1 Å². The number of phenolic OH excluding ortho intramolecular Hbond substituents is 4. The molecule has 1 unspecified atom stereocenters. The maximum Gasteiger partial charge on any atom is 0.162 e. The minimum Gasteiger partial charge on any atom is -0.504 e. The van der Waals surface area contributed by atoms with Crippen molar-refractivity contribution in [2.75, 3.05) is 27.2 Å². The first-order valence-electron chi connectivity index (χ1n) is 13.2. The highest BCUT2D eigenvalue weighted by Crippen LogP contribution is 2.66. The molecule has 2 aliphatic rings. The fourth-order valence-corrected chi connectivity index (χ4v) is 7.25. The zero-order valence-corrected chi connectivity index (χ0v) is 23.3. The molecule has 4 rings (SSSR count). The van der Waals surface area contributed by atoms with Crippen LogP contribution in [0.5, 0.6) is 23.0 Å². The standard InChI is InChI=1S/C30H44N2O4/c1-9-11-32(8)15-19-25-21(13-23(34)27(19)36)29(5,6)17-30(25)16-28(3,4)20-12-22(33)26(35)18(24(20)30)14-31(7)10-2/h12-13,33-36H,9-11,14-17H2,1-8H3. The highest BCUT2D eigenvalue weighted by Gasteiger charge is 2.59. The van der Waals surface area contributed by atoms with Gasteiger partial charge in [-0.2, -0.15) is 0 Å². The van der Waals surface area contributed by atoms with E-state index in [1.165, 1.54) is 0 Å². The second kappa shape index (κ2) is 8.84. The average Bonchev–Trinajstić information content (AvgIpc) is 3.13. The lowest BCUT2D eigenvalue weighted by Gasteiger charge is -2.34. The van der Waals surface area contributed by atoms with E-state index in [9.17, 15) is 20.4 Å². The Balaban J connectivity index is 2.10. The minimum atomic E-state index is -0.458. The molecular formula is C30H44N2O4. The Bertz CT molecular complexity index is 1180. The Labute approximate surface area is 216 Å². The molecule has 6 heteroatoms. The van der Waals surface area contributed by atoms with Gasteiger partial charge in [-0.25, -0.2) is 0 Å². The topological polar surface area (TPSA) is 87.4 Å². The van der Waals surface area contributed by atoms with Gasteiger partial charge in [-0.1, -0.05) is 41.5 Å². The van der Waals surface area contributed by atoms with Crippen LogP contribution < -0.4 is 0 Å². The van der Waals surface area contributed by atoms with Crippen molar-refractivity contribution in [3.8, 4) is 23.0 Å². The van der Waals surface area contributed by atoms with Crippen molar-refractivity contribution < 1.29 is 20.4 Å². The maximum atomic E-state index is 11.2. The molecule has 2 aromatic rings. The molecule has 198 valence electrons. The molecule has 4 N–H and O–H groups in total. The molecule has 6 nitrogen and oxygen atoms in total. The summed E-state index contributed by atoms with van der Waals surface area (Å²) in [7, 11) is 4.06. The summed E-state index contributed by atoms with van der Waals surface area (Å²) < 4.78 is 0. The van der Waals surface area contributed by atoms with Crippen LogP contribution in [0.25, 0.3) is 0 Å². The second-order valence-corrected chi connectivity index (χ2v) is 12.6. The lowest BCUT2D eigenvalue weighted by atomic mass is 9.70. The van der Waals surface area contributed by atoms with Gasteiger partial charge in [0.2, 0.25) is 0 Å². The number of hydrogen-bond acceptors (Lipinski definition) is 6. The van der Waals surface area contributed by atoms with E-state index < -0.39 is 5.41 Å². The van der Waals surface area contributed by atoms with E-state index in [0.717, 1.165) is 65.7 Å². The van der Waals surface area contributed by atoms with E-state index in [1.54, 1.807) is 12.1 Å². The summed E-state index contributed by atoms with van der Waals surface area (Å²) >= 11 is 0. The first-order valence-corrected chi connectivity index (χ1v) is 13.2. The molecule has 0 heterocycles. The fraction of sp³-hybridized carbons (Fsp3) is 0.600. The van der Waals surface area contributed by atoms with Crippen molar-refractivity contribution >= 4 is 0 Å². The first kappa shape index (κ1) is 26.6. The van der Waals surface area contributed by atoms with Gasteiger partial charge in [0.25, 0.3) is 0 Å². The molecule has 0 aromatic heterocycles. The Hall–Kier alpha value is -2.44. The van der Waals surface area contributed by atoms with Crippen LogP contribution in [0.15, 0.2) is 12.1 Å². The summed E-state index contributed by atoms with van der Waals surface area (Å²) in [5.74, 6) is -0.247. The summed E-state index contributed by atoms with van der Waals surface area (Å²) in [5, 5.41) is 44.0. The smallest absolute Gasteiger partial charge is 0.162 e. The van der Waals surface area contributed by atoms with Gasteiger partial charge in [-0.3, -0.25) is 0 Å². The number of benzene rings is 2. The molecule has 2 aromatic carbocycles. The van der Waals surface area contributed by atoms with Crippen LogP contribution in [0.3, 0.4) is 0 Å². The van der Waals surface area contributed by atoms with Crippen LogP contribution >= 0.6 is 0 Å². The van der Waals surface area contributed by atoms with Crippen LogP contribution in [0.1, 0.15) is 94.2 Å². The number of hydrogen-bond donors (Lipinski definition) is 4. The quantitative estimate of drug-likeness (QED) is 0.381. The summed E-state index contributed by atoms with van der Waals surface area (Å²) in [4.78, 5) is 4.33. The third-order valence-electron chi connectivity index (χ3n) is 8.67. The highest BCUT2D eigenvalue weighted by molar-refractivity contribution is 5.70. The van der Waals surface area contributed by atoms with Crippen molar-refractivity contribution in [3.05, 3.63) is 45.5 Å². The van der Waals surface area contributed by atoms with Crippen molar-refractivity contribution in [2.24, 2.45) is 0 Å². The molecule has 1 spiro atoms. The van der Waals surface area contributed by atoms with E-state index in [-0.39, 0.29) is 33.8 Å². The first-order chi connectivity index (χ1) is 16.7. The van der Waals surface area contributed by atoms with E-state index in [2.05, 4.69) is 51.3 Å². The molecule has 0 saturated heterocycles. The molecule has 0 saturated carbocycles. The number of fused-ring (bicyclic) bond motifs is 4. The SMILES string of the molecule is CCCN(C)Cc1c(O)c(O)cc2c1C1(CC(C)(C)c3cc(O)c(O)c(CN(C)CC)c31)CC2(C)C. The third-order valence-corrected chi connectivity index (χ3v) is 8.67. The summed E-state index contributed by atoms with van der Waals surface area (Å²) in [6.07, 6.45) is 2.59. The van der Waals surface area contributed by atoms with Crippen LogP contribution in [-0.4, -0.2) is 57.4 Å². The second-order valence-electron chi connectivity index (χ2n) is 12.6. The zero-order chi connectivity index (χ0) is 26.8. The Morgan fingerprint density at radius 3 is 1.53 bits per heavy atom. The lowest BCUT2D eigenvalue weighted by Crippen LogP contribution is -2.30. The summed E-state index contributed by atoms with van der Waals surface area (Å²) in [6, 6.07) is 3.51. The van der Waals surface area contributed by atoms with E-state index >= 15 is 0 Å². The normalized spacial score (nSPS) is 21.5. The van der Waals surface area contributed by atoms with Crippen LogP contribution in [0.2, 0.25) is 0 Å². The molecule has 0 aliphatic heterocycles. The predicted octanol–water partition coefficient (Wildman–Crippen LogP) is 5.45. The predicted molar refractivity (Wildman–Crippen MR) is 144 cm³/mol. The van der Waals surface area contributed by atoms with Crippen molar-refractivity contribution in [3.63, 3.8) is 0 Å². The van der Waals surface area contributed by atoms with E-state index in [4.69, 9.17) is 0 Å². The van der Waals surface area contributed by atoms with Crippen molar-refractivity contribution in [2.45, 2.75) is 90.1 Å².